The van der Waals surface area contributed by atoms with Crippen LogP contribution in [0.1, 0.15) is 25.8 Å². The summed E-state index contributed by atoms with van der Waals surface area (Å²) < 4.78 is 27.2. The van der Waals surface area contributed by atoms with E-state index in [0.29, 0.717) is 10.6 Å². The Hall–Kier alpha value is -0.430. The second-order valence-corrected chi connectivity index (χ2v) is 8.14. The van der Waals surface area contributed by atoms with Crippen LogP contribution in [0.15, 0.2) is 17.0 Å². The largest absolute Gasteiger partial charge is 0.397 e. The molecule has 0 amide bonds. The van der Waals surface area contributed by atoms with Crippen LogP contribution in [0, 0.1) is 6.92 Å². The second-order valence-electron chi connectivity index (χ2n) is 4.65. The quantitative estimate of drug-likeness (QED) is 0.593. The molecule has 3 N–H and O–H groups in total. The molecule has 0 spiro atoms. The molecular weight excluding hydrogens is 316 g/mol. The van der Waals surface area contributed by atoms with Crippen molar-refractivity contribution >= 4 is 39.1 Å². The van der Waals surface area contributed by atoms with Crippen molar-refractivity contribution in [3.05, 3.63) is 22.7 Å². The highest BCUT2D eigenvalue weighted by Crippen LogP contribution is 2.26. The van der Waals surface area contributed by atoms with Crippen LogP contribution in [0.2, 0.25) is 5.02 Å². The number of aryl methyl sites for hydroxylation is 1. The van der Waals surface area contributed by atoms with Gasteiger partial charge < -0.3 is 5.73 Å². The van der Waals surface area contributed by atoms with E-state index in [1.165, 1.54) is 12.1 Å². The number of nitrogen functional groups attached to an aromatic ring is 1. The average Bonchev–Trinajstić information content (AvgIpc) is 2.35. The molecule has 1 aromatic rings. The first-order chi connectivity index (χ1) is 9.27. The van der Waals surface area contributed by atoms with Crippen LogP contribution in [-0.4, -0.2) is 26.0 Å². The molecule has 114 valence electrons. The summed E-state index contributed by atoms with van der Waals surface area (Å²) >= 11 is 7.74. The van der Waals surface area contributed by atoms with E-state index in [2.05, 4.69) is 11.6 Å². The van der Waals surface area contributed by atoms with Crippen molar-refractivity contribution in [3.8, 4) is 0 Å². The topological polar surface area (TPSA) is 72.2 Å². The predicted molar refractivity (Wildman–Crippen MR) is 88.0 cm³/mol. The normalized spacial score (nSPS) is 13.4. The lowest BCUT2D eigenvalue weighted by molar-refractivity contribution is 0.557. The smallest absolute Gasteiger partial charge is 0.240 e. The van der Waals surface area contributed by atoms with E-state index in [1.54, 1.807) is 18.7 Å². The van der Waals surface area contributed by atoms with E-state index in [0.717, 1.165) is 17.9 Å². The van der Waals surface area contributed by atoms with E-state index in [4.69, 9.17) is 17.3 Å². The van der Waals surface area contributed by atoms with E-state index in [9.17, 15) is 8.42 Å². The Morgan fingerprint density at radius 2 is 2.10 bits per heavy atom. The maximum Gasteiger partial charge on any atom is 0.240 e. The van der Waals surface area contributed by atoms with Gasteiger partial charge in [0.2, 0.25) is 10.0 Å². The molecular formula is C13H21ClN2O2S2. The minimum atomic E-state index is -3.56. The summed E-state index contributed by atoms with van der Waals surface area (Å²) in [6, 6.07) is 2.82. The fraction of sp³-hybridized carbons (Fsp3) is 0.538. The Bertz CT molecular complexity index is 538. The number of hydrogen-bond acceptors (Lipinski definition) is 4. The summed E-state index contributed by atoms with van der Waals surface area (Å²) in [6.45, 7) is 5.68. The molecule has 0 aliphatic carbocycles. The van der Waals surface area contributed by atoms with Crippen molar-refractivity contribution in [3.63, 3.8) is 0 Å². The molecule has 0 saturated carbocycles. The zero-order valence-electron chi connectivity index (χ0n) is 11.9. The van der Waals surface area contributed by atoms with Crippen LogP contribution in [0.3, 0.4) is 0 Å². The predicted octanol–water partition coefficient (Wildman–Crippen LogP) is 3.04. The van der Waals surface area contributed by atoms with Crippen molar-refractivity contribution in [1.82, 2.24) is 4.72 Å². The number of benzene rings is 1. The first-order valence-corrected chi connectivity index (χ1v) is 9.45. The van der Waals surface area contributed by atoms with Crippen LogP contribution in [0.25, 0.3) is 0 Å². The number of halogens is 1. The Labute approximate surface area is 130 Å². The lowest BCUT2D eigenvalue weighted by Gasteiger charge is -2.15. The van der Waals surface area contributed by atoms with E-state index >= 15 is 0 Å². The number of rotatable bonds is 7. The van der Waals surface area contributed by atoms with Crippen LogP contribution in [0.5, 0.6) is 0 Å². The Kier molecular flexibility index (Phi) is 6.64. The van der Waals surface area contributed by atoms with Gasteiger partial charge in [-0.15, -0.1) is 0 Å². The molecule has 0 aliphatic heterocycles. The van der Waals surface area contributed by atoms with Gasteiger partial charge in [0.15, 0.2) is 0 Å². The lowest BCUT2D eigenvalue weighted by atomic mass is 10.2. The number of hydrogen-bond donors (Lipinski definition) is 2. The van der Waals surface area contributed by atoms with Crippen LogP contribution < -0.4 is 10.5 Å². The van der Waals surface area contributed by atoms with Crippen LogP contribution in [-0.2, 0) is 10.0 Å². The van der Waals surface area contributed by atoms with Crippen molar-refractivity contribution in [2.45, 2.75) is 38.1 Å². The number of nitrogens with one attached hydrogen (secondary N) is 1. The zero-order chi connectivity index (χ0) is 15.3. The van der Waals surface area contributed by atoms with Gasteiger partial charge in [-0.2, -0.15) is 11.8 Å². The van der Waals surface area contributed by atoms with E-state index < -0.39 is 10.0 Å². The first-order valence-electron chi connectivity index (χ1n) is 6.43. The molecule has 4 nitrogen and oxygen atoms in total. The highest BCUT2D eigenvalue weighted by atomic mass is 35.5. The molecule has 0 aliphatic rings. The summed E-state index contributed by atoms with van der Waals surface area (Å²) in [5.74, 6) is 1.97. The van der Waals surface area contributed by atoms with Crippen molar-refractivity contribution in [1.29, 1.82) is 0 Å². The zero-order valence-corrected chi connectivity index (χ0v) is 14.3. The minimum absolute atomic E-state index is 0.115. The lowest BCUT2D eigenvalue weighted by Crippen LogP contribution is -2.33. The van der Waals surface area contributed by atoms with Crippen LogP contribution >= 0.6 is 23.4 Å². The standard InChI is InChI=1S/C13H21ClN2O2S2/c1-4-19-6-5-10(3)16-20(17,18)11-7-9(2)13(14)12(15)8-11/h7-8,10,16H,4-6,15H2,1-3H3. The fourth-order valence-electron chi connectivity index (χ4n) is 1.71. The van der Waals surface area contributed by atoms with Gasteiger partial charge in [0.05, 0.1) is 15.6 Å². The Morgan fingerprint density at radius 1 is 1.45 bits per heavy atom. The molecule has 1 unspecified atom stereocenters. The van der Waals surface area contributed by atoms with Crippen molar-refractivity contribution in [2.24, 2.45) is 0 Å². The summed E-state index contributed by atoms with van der Waals surface area (Å²) in [7, 11) is -3.56. The van der Waals surface area contributed by atoms with Gasteiger partial charge in [0.1, 0.15) is 0 Å². The van der Waals surface area contributed by atoms with Gasteiger partial charge in [0.25, 0.3) is 0 Å². The third kappa shape index (κ3) is 4.84. The van der Waals surface area contributed by atoms with Gasteiger partial charge in [-0.25, -0.2) is 13.1 Å². The fourth-order valence-corrected chi connectivity index (χ4v) is 4.03. The van der Waals surface area contributed by atoms with Crippen molar-refractivity contribution < 1.29 is 8.42 Å². The first kappa shape index (κ1) is 17.6. The third-order valence-electron chi connectivity index (χ3n) is 2.82. The van der Waals surface area contributed by atoms with Gasteiger partial charge in [-0.1, -0.05) is 18.5 Å². The number of anilines is 1. The maximum atomic E-state index is 12.3. The third-order valence-corrected chi connectivity index (χ3v) is 5.84. The molecule has 0 radical (unpaired) electrons. The monoisotopic (exact) mass is 336 g/mol. The molecule has 0 aromatic heterocycles. The van der Waals surface area contributed by atoms with Gasteiger partial charge in [-0.3, -0.25) is 0 Å². The second kappa shape index (κ2) is 7.54. The molecule has 20 heavy (non-hydrogen) atoms. The average molecular weight is 337 g/mol. The van der Waals surface area contributed by atoms with Gasteiger partial charge >= 0.3 is 0 Å². The number of sulfonamides is 1. The summed E-state index contributed by atoms with van der Waals surface area (Å²) in [4.78, 5) is 0.159. The van der Waals surface area contributed by atoms with E-state index in [1.807, 2.05) is 6.92 Å². The summed E-state index contributed by atoms with van der Waals surface area (Å²) in [6.07, 6.45) is 0.791. The molecule has 0 bridgehead atoms. The molecule has 1 rings (SSSR count). The summed E-state index contributed by atoms with van der Waals surface area (Å²) in [5, 5.41) is 0.399. The molecule has 0 saturated heterocycles. The Morgan fingerprint density at radius 3 is 2.65 bits per heavy atom. The van der Waals surface area contributed by atoms with Crippen molar-refractivity contribution in [2.75, 3.05) is 17.2 Å². The summed E-state index contributed by atoms with van der Waals surface area (Å²) in [5.41, 5.74) is 6.65. The van der Waals surface area contributed by atoms with Gasteiger partial charge in [0, 0.05) is 6.04 Å². The molecule has 0 fully saturated rings. The van der Waals surface area contributed by atoms with Crippen LogP contribution in [0.4, 0.5) is 5.69 Å². The highest BCUT2D eigenvalue weighted by Gasteiger charge is 2.19. The SMILES string of the molecule is CCSCCC(C)NS(=O)(=O)c1cc(C)c(Cl)c(N)c1. The molecule has 1 atom stereocenters. The molecule has 1 aromatic carbocycles. The molecule has 7 heteroatoms. The van der Waals surface area contributed by atoms with E-state index in [-0.39, 0.29) is 16.6 Å². The maximum absolute atomic E-state index is 12.3. The van der Waals surface area contributed by atoms with Gasteiger partial charge in [-0.05, 0) is 49.5 Å². The Balaban J connectivity index is 2.84. The minimum Gasteiger partial charge on any atom is -0.397 e. The molecule has 0 heterocycles. The number of nitrogens with two attached hydrogens (primary N) is 1. The highest BCUT2D eigenvalue weighted by molar-refractivity contribution is 7.99. The number of thioether (sulfide) groups is 1.